The number of aliphatic hydroxyl groups is 1. The molecule has 2 N–H and O–H groups in total. The van der Waals surface area contributed by atoms with Crippen molar-refractivity contribution in [1.29, 1.82) is 0 Å². The summed E-state index contributed by atoms with van der Waals surface area (Å²) in [5.74, 6) is -3.87. The van der Waals surface area contributed by atoms with Crippen LogP contribution in [0.5, 0.6) is 0 Å². The third-order valence-corrected chi connectivity index (χ3v) is 2.92. The lowest BCUT2D eigenvalue weighted by atomic mass is 10.0. The number of carboxylic acids is 1. The summed E-state index contributed by atoms with van der Waals surface area (Å²) in [6, 6.07) is 12.5. The third-order valence-electron chi connectivity index (χ3n) is 2.92. The lowest BCUT2D eigenvalue weighted by molar-refractivity contribution is -0.135. The van der Waals surface area contributed by atoms with E-state index in [2.05, 4.69) is 0 Å². The molecule has 0 amide bonds. The van der Waals surface area contributed by atoms with Crippen molar-refractivity contribution in [3.8, 4) is 0 Å². The Morgan fingerprint density at radius 2 is 1.62 bits per heavy atom. The minimum atomic E-state index is -1.61. The Bertz CT molecular complexity index is 758. The monoisotopic (exact) mass is 284 g/mol. The fraction of sp³-hybridized carbons (Fsp3) is 0.0625. The van der Waals surface area contributed by atoms with Gasteiger partial charge >= 0.3 is 5.97 Å². The van der Waals surface area contributed by atoms with Gasteiger partial charge in [0.25, 0.3) is 0 Å². The smallest absolute Gasteiger partial charge is 0.371 e. The van der Waals surface area contributed by atoms with Gasteiger partial charge in [-0.05, 0) is 16.8 Å². The van der Waals surface area contributed by atoms with Crippen molar-refractivity contribution in [3.05, 3.63) is 59.9 Å². The van der Waals surface area contributed by atoms with Crippen LogP contribution in [0.25, 0.3) is 10.8 Å². The van der Waals surface area contributed by atoms with Crippen molar-refractivity contribution >= 4 is 28.3 Å². The molecule has 0 aromatic heterocycles. The Kier molecular flexibility index (Phi) is 4.13. The summed E-state index contributed by atoms with van der Waals surface area (Å²) in [4.78, 5) is 33.8. The second-order valence-electron chi connectivity index (χ2n) is 4.46. The van der Waals surface area contributed by atoms with Gasteiger partial charge in [0.05, 0.1) is 6.42 Å². The zero-order valence-electron chi connectivity index (χ0n) is 10.9. The molecule has 0 fully saturated rings. The molecule has 0 aliphatic heterocycles. The van der Waals surface area contributed by atoms with Crippen LogP contribution in [0.3, 0.4) is 0 Å². The highest BCUT2D eigenvalue weighted by Gasteiger charge is 2.13. The Hall–Kier alpha value is -2.95. The highest BCUT2D eigenvalue weighted by Crippen LogP contribution is 2.16. The summed E-state index contributed by atoms with van der Waals surface area (Å²) >= 11 is 0. The molecule has 0 spiro atoms. The number of carbonyl (C=O) groups excluding carboxylic acids is 2. The normalized spacial score (nSPS) is 11.3. The minimum absolute atomic E-state index is 0.366. The van der Waals surface area contributed by atoms with Crippen molar-refractivity contribution in [1.82, 2.24) is 0 Å². The molecule has 0 unspecified atom stereocenters. The number of Topliss-reactive ketones (excluding diaryl/α,β-unsaturated/α-hetero) is 1. The van der Waals surface area contributed by atoms with Gasteiger partial charge in [-0.25, -0.2) is 4.79 Å². The lowest BCUT2D eigenvalue weighted by Crippen LogP contribution is -2.09. The van der Waals surface area contributed by atoms with Crippen molar-refractivity contribution in [2.75, 3.05) is 0 Å². The maximum atomic E-state index is 12.0. The van der Waals surface area contributed by atoms with E-state index in [1.54, 1.807) is 18.2 Å². The van der Waals surface area contributed by atoms with Gasteiger partial charge in [0.1, 0.15) is 0 Å². The standard InChI is InChI=1S/C16H12O5/c17-13(9-15(19)16(20)21)8-14(18)12-6-5-10-3-1-2-4-11(10)7-12/h1-7,9,19H,8H2,(H,20,21). The van der Waals surface area contributed by atoms with E-state index in [4.69, 9.17) is 10.2 Å². The van der Waals surface area contributed by atoms with Crippen LogP contribution in [-0.2, 0) is 9.59 Å². The second-order valence-corrected chi connectivity index (χ2v) is 4.46. The molecule has 0 aliphatic rings. The fourth-order valence-electron chi connectivity index (χ4n) is 1.89. The van der Waals surface area contributed by atoms with Gasteiger partial charge in [-0.15, -0.1) is 0 Å². The molecule has 0 atom stereocenters. The van der Waals surface area contributed by atoms with Crippen LogP contribution in [0.4, 0.5) is 0 Å². The Morgan fingerprint density at radius 1 is 0.952 bits per heavy atom. The molecular formula is C16H12O5. The molecule has 0 radical (unpaired) electrons. The molecule has 0 saturated heterocycles. The van der Waals surface area contributed by atoms with Crippen LogP contribution in [0.1, 0.15) is 16.8 Å². The third kappa shape index (κ3) is 3.54. The highest BCUT2D eigenvalue weighted by atomic mass is 16.4. The van der Waals surface area contributed by atoms with E-state index in [-0.39, 0.29) is 0 Å². The zero-order valence-corrected chi connectivity index (χ0v) is 10.9. The number of hydrogen-bond donors (Lipinski definition) is 2. The molecule has 2 aromatic rings. The van der Waals surface area contributed by atoms with E-state index in [0.29, 0.717) is 11.6 Å². The molecule has 21 heavy (non-hydrogen) atoms. The number of carboxylic acid groups (broad SMARTS) is 1. The van der Waals surface area contributed by atoms with Crippen molar-refractivity contribution in [3.63, 3.8) is 0 Å². The Balaban J connectivity index is 2.17. The molecule has 5 nitrogen and oxygen atoms in total. The molecule has 0 saturated carbocycles. The second kappa shape index (κ2) is 6.00. The molecular weight excluding hydrogens is 272 g/mol. The van der Waals surface area contributed by atoms with Crippen molar-refractivity contribution in [2.45, 2.75) is 6.42 Å². The summed E-state index contributed by atoms with van der Waals surface area (Å²) in [6.07, 6.45) is 0.0525. The number of aliphatic hydroxyl groups excluding tert-OH is 1. The van der Waals surface area contributed by atoms with Crippen LogP contribution in [-0.4, -0.2) is 27.7 Å². The molecule has 2 rings (SSSR count). The predicted octanol–water partition coefficient (Wildman–Crippen LogP) is 2.51. The summed E-state index contributed by atoms with van der Waals surface area (Å²) in [5, 5.41) is 19.2. The van der Waals surface area contributed by atoms with E-state index in [1.807, 2.05) is 24.3 Å². The minimum Gasteiger partial charge on any atom is -0.502 e. The molecule has 0 aliphatic carbocycles. The highest BCUT2D eigenvalue weighted by molar-refractivity contribution is 6.13. The van der Waals surface area contributed by atoms with Crippen LogP contribution < -0.4 is 0 Å². The van der Waals surface area contributed by atoms with Crippen LogP contribution in [0, 0.1) is 0 Å². The number of aliphatic carboxylic acids is 1. The maximum Gasteiger partial charge on any atom is 0.371 e. The van der Waals surface area contributed by atoms with Gasteiger partial charge in [-0.2, -0.15) is 0 Å². The molecule has 0 heterocycles. The number of hydrogen-bond acceptors (Lipinski definition) is 4. The van der Waals surface area contributed by atoms with Gasteiger partial charge in [0.15, 0.2) is 11.6 Å². The average Bonchev–Trinajstić information content (AvgIpc) is 2.46. The Labute approximate surface area is 120 Å². The zero-order chi connectivity index (χ0) is 15.4. The van der Waals surface area contributed by atoms with E-state index in [1.165, 1.54) is 0 Å². The van der Waals surface area contributed by atoms with E-state index in [9.17, 15) is 14.4 Å². The van der Waals surface area contributed by atoms with Crippen molar-refractivity contribution < 1.29 is 24.6 Å². The van der Waals surface area contributed by atoms with Gasteiger partial charge in [-0.3, -0.25) is 9.59 Å². The van der Waals surface area contributed by atoms with E-state index < -0.39 is 29.7 Å². The van der Waals surface area contributed by atoms with Crippen molar-refractivity contribution in [2.24, 2.45) is 0 Å². The number of rotatable bonds is 5. The molecule has 106 valence electrons. The number of fused-ring (bicyclic) bond motifs is 1. The van der Waals surface area contributed by atoms with Crippen LogP contribution in [0.2, 0.25) is 0 Å². The SMILES string of the molecule is O=C(C=C(O)C(=O)O)CC(=O)c1ccc2ccccc2c1. The van der Waals surface area contributed by atoms with Crippen LogP contribution >= 0.6 is 0 Å². The number of ketones is 2. The first kappa shape index (κ1) is 14.5. The quantitative estimate of drug-likeness (QED) is 0.381. The number of carbonyl (C=O) groups is 3. The topological polar surface area (TPSA) is 91.7 Å². The molecule has 5 heteroatoms. The largest absolute Gasteiger partial charge is 0.502 e. The first-order valence-electron chi connectivity index (χ1n) is 6.16. The summed E-state index contributed by atoms with van der Waals surface area (Å²) in [5.41, 5.74) is 0.366. The molecule has 2 aromatic carbocycles. The van der Waals surface area contributed by atoms with Gasteiger partial charge < -0.3 is 10.2 Å². The molecule has 0 bridgehead atoms. The summed E-state index contributed by atoms with van der Waals surface area (Å²) in [6.45, 7) is 0. The lowest BCUT2D eigenvalue weighted by Gasteiger charge is -2.02. The first-order valence-corrected chi connectivity index (χ1v) is 6.16. The number of allylic oxidation sites excluding steroid dienone is 1. The van der Waals surface area contributed by atoms with Crippen LogP contribution in [0.15, 0.2) is 54.3 Å². The van der Waals surface area contributed by atoms with Gasteiger partial charge in [-0.1, -0.05) is 36.4 Å². The Morgan fingerprint density at radius 3 is 2.29 bits per heavy atom. The first-order chi connectivity index (χ1) is 9.97. The number of benzene rings is 2. The predicted molar refractivity (Wildman–Crippen MR) is 76.3 cm³/mol. The summed E-state index contributed by atoms with van der Waals surface area (Å²) < 4.78 is 0. The average molecular weight is 284 g/mol. The van der Waals surface area contributed by atoms with Gasteiger partial charge in [0, 0.05) is 11.6 Å². The van der Waals surface area contributed by atoms with Gasteiger partial charge in [0.2, 0.25) is 5.76 Å². The fourth-order valence-corrected chi connectivity index (χ4v) is 1.89. The summed E-state index contributed by atoms with van der Waals surface area (Å²) in [7, 11) is 0. The van der Waals surface area contributed by atoms with E-state index >= 15 is 0 Å². The van der Waals surface area contributed by atoms with E-state index in [0.717, 1.165) is 10.8 Å². The maximum absolute atomic E-state index is 12.0.